The number of nitrogens with two attached hydrogens (primary N) is 1. The van der Waals surface area contributed by atoms with Crippen LogP contribution in [-0.2, 0) is 0 Å². The minimum atomic E-state index is 0.544. The van der Waals surface area contributed by atoms with Crippen molar-refractivity contribution in [1.82, 2.24) is 9.55 Å². The van der Waals surface area contributed by atoms with Crippen molar-refractivity contribution in [3.63, 3.8) is 0 Å². The van der Waals surface area contributed by atoms with Crippen LogP contribution in [0.4, 0.5) is 5.82 Å². The number of nitrogens with zero attached hydrogens (tertiary/aromatic N) is 2. The molecule has 2 N–H and O–H groups in total. The molecule has 1 fully saturated rings. The summed E-state index contributed by atoms with van der Waals surface area (Å²) in [7, 11) is 1.65. The van der Waals surface area contributed by atoms with Crippen molar-refractivity contribution < 1.29 is 4.74 Å². The lowest BCUT2D eigenvalue weighted by atomic mass is 10.1. The quantitative estimate of drug-likeness (QED) is 0.940. The monoisotopic (exact) mass is 321 g/mol. The number of rotatable bonds is 3. The predicted octanol–water partition coefficient (Wildman–Crippen LogP) is 3.55. The molecular formula is C14H16BrN3O. The molecule has 0 unspecified atom stereocenters. The molecule has 1 saturated carbocycles. The summed E-state index contributed by atoms with van der Waals surface area (Å²) in [5.74, 6) is 2.56. The van der Waals surface area contributed by atoms with Gasteiger partial charge in [-0.2, -0.15) is 0 Å². The van der Waals surface area contributed by atoms with Crippen molar-refractivity contribution >= 4 is 21.7 Å². The van der Waals surface area contributed by atoms with E-state index in [1.807, 2.05) is 25.1 Å². The van der Waals surface area contributed by atoms with Crippen LogP contribution in [0.5, 0.6) is 5.75 Å². The van der Waals surface area contributed by atoms with Gasteiger partial charge in [0.1, 0.15) is 23.1 Å². The molecule has 0 amide bonds. The third-order valence-corrected chi connectivity index (χ3v) is 4.08. The fourth-order valence-corrected chi connectivity index (χ4v) is 2.92. The number of halogens is 1. The lowest BCUT2D eigenvalue weighted by molar-refractivity contribution is 0.412. The molecule has 4 nitrogen and oxygen atoms in total. The van der Waals surface area contributed by atoms with Gasteiger partial charge in [-0.15, -0.1) is 0 Å². The van der Waals surface area contributed by atoms with E-state index in [2.05, 4.69) is 25.5 Å². The molecule has 5 heteroatoms. The molecule has 1 heterocycles. The van der Waals surface area contributed by atoms with Crippen LogP contribution < -0.4 is 10.5 Å². The molecule has 0 spiro atoms. The van der Waals surface area contributed by atoms with Crippen molar-refractivity contribution in [3.05, 3.63) is 28.5 Å². The van der Waals surface area contributed by atoms with E-state index in [0.717, 1.165) is 33.1 Å². The van der Waals surface area contributed by atoms with Crippen LogP contribution in [0.1, 0.15) is 24.7 Å². The van der Waals surface area contributed by atoms with Gasteiger partial charge in [0.15, 0.2) is 0 Å². The third kappa shape index (κ3) is 2.12. The van der Waals surface area contributed by atoms with E-state index >= 15 is 0 Å². The Bertz CT molecular complexity index is 632. The van der Waals surface area contributed by atoms with Gasteiger partial charge in [0.2, 0.25) is 0 Å². The maximum Gasteiger partial charge on any atom is 0.133 e. The van der Waals surface area contributed by atoms with E-state index in [0.29, 0.717) is 6.04 Å². The van der Waals surface area contributed by atoms with Crippen molar-refractivity contribution in [2.45, 2.75) is 25.8 Å². The molecule has 3 rings (SSSR count). The topological polar surface area (TPSA) is 53.1 Å². The Morgan fingerprint density at radius 3 is 2.74 bits per heavy atom. The zero-order valence-electron chi connectivity index (χ0n) is 11.0. The average Bonchev–Trinajstić information content (AvgIpc) is 3.16. The number of benzene rings is 1. The molecule has 0 saturated heterocycles. The van der Waals surface area contributed by atoms with Gasteiger partial charge < -0.3 is 15.0 Å². The first-order chi connectivity index (χ1) is 9.11. The van der Waals surface area contributed by atoms with Gasteiger partial charge in [-0.25, -0.2) is 4.98 Å². The maximum absolute atomic E-state index is 6.25. The van der Waals surface area contributed by atoms with Crippen LogP contribution in [0.3, 0.4) is 0 Å². The molecule has 100 valence electrons. The van der Waals surface area contributed by atoms with E-state index in [9.17, 15) is 0 Å². The highest BCUT2D eigenvalue weighted by Crippen LogP contribution is 2.41. The Morgan fingerprint density at radius 1 is 1.42 bits per heavy atom. The van der Waals surface area contributed by atoms with Gasteiger partial charge in [-0.05, 0) is 53.9 Å². The zero-order valence-corrected chi connectivity index (χ0v) is 12.6. The Hall–Kier alpha value is -1.49. The summed E-state index contributed by atoms with van der Waals surface area (Å²) in [6.07, 6.45) is 2.40. The number of ether oxygens (including phenoxy) is 1. The minimum absolute atomic E-state index is 0.544. The number of methoxy groups -OCH3 is 1. The maximum atomic E-state index is 6.25. The Kier molecular flexibility index (Phi) is 3.01. The normalized spacial score (nSPS) is 14.7. The number of imidazole rings is 1. The van der Waals surface area contributed by atoms with Gasteiger partial charge in [0.25, 0.3) is 0 Å². The summed E-state index contributed by atoms with van der Waals surface area (Å²) >= 11 is 3.50. The second kappa shape index (κ2) is 4.56. The minimum Gasteiger partial charge on any atom is -0.496 e. The predicted molar refractivity (Wildman–Crippen MR) is 79.3 cm³/mol. The molecule has 1 aliphatic rings. The largest absolute Gasteiger partial charge is 0.496 e. The first kappa shape index (κ1) is 12.5. The molecule has 2 aromatic rings. The van der Waals surface area contributed by atoms with Crippen LogP contribution in [0, 0.1) is 6.92 Å². The summed E-state index contributed by atoms with van der Waals surface area (Å²) in [6, 6.07) is 6.44. The summed E-state index contributed by atoms with van der Waals surface area (Å²) < 4.78 is 8.29. The summed E-state index contributed by atoms with van der Waals surface area (Å²) in [5.41, 5.74) is 8.11. The summed E-state index contributed by atoms with van der Waals surface area (Å²) in [6.45, 7) is 2.01. The molecule has 0 atom stereocenters. The molecular weight excluding hydrogens is 306 g/mol. The standard InChI is InChI=1S/C14H16BrN3O/c1-8-17-13(14(16)18(8)10-4-5-10)9-3-6-12(19-2)11(15)7-9/h3,6-7,10H,4-5,16H2,1-2H3. The Labute approximate surface area is 120 Å². The van der Waals surface area contributed by atoms with E-state index in [1.165, 1.54) is 12.8 Å². The number of hydrogen-bond acceptors (Lipinski definition) is 3. The molecule has 0 aliphatic heterocycles. The SMILES string of the molecule is COc1ccc(-c2nc(C)n(C3CC3)c2N)cc1Br. The van der Waals surface area contributed by atoms with Gasteiger partial charge in [0, 0.05) is 11.6 Å². The van der Waals surface area contributed by atoms with Crippen molar-refractivity contribution in [3.8, 4) is 17.0 Å². The fourth-order valence-electron chi connectivity index (χ4n) is 2.38. The molecule has 1 aromatic heterocycles. The fraction of sp³-hybridized carbons (Fsp3) is 0.357. The number of aryl methyl sites for hydroxylation is 1. The number of nitrogen functional groups attached to an aromatic ring is 1. The lowest BCUT2D eigenvalue weighted by Gasteiger charge is -2.07. The third-order valence-electron chi connectivity index (χ3n) is 3.46. The van der Waals surface area contributed by atoms with E-state index in [4.69, 9.17) is 10.5 Å². The molecule has 1 aliphatic carbocycles. The van der Waals surface area contributed by atoms with Crippen LogP contribution in [0.2, 0.25) is 0 Å². The van der Waals surface area contributed by atoms with Crippen LogP contribution in [0.15, 0.2) is 22.7 Å². The number of hydrogen-bond donors (Lipinski definition) is 1. The van der Waals surface area contributed by atoms with Crippen molar-refractivity contribution in [2.75, 3.05) is 12.8 Å². The van der Waals surface area contributed by atoms with Gasteiger partial charge >= 0.3 is 0 Å². The number of anilines is 1. The second-order valence-electron chi connectivity index (χ2n) is 4.84. The highest BCUT2D eigenvalue weighted by Gasteiger charge is 2.28. The van der Waals surface area contributed by atoms with E-state index in [-0.39, 0.29) is 0 Å². The summed E-state index contributed by atoms with van der Waals surface area (Å²) in [5, 5.41) is 0. The Morgan fingerprint density at radius 2 is 2.16 bits per heavy atom. The summed E-state index contributed by atoms with van der Waals surface area (Å²) in [4.78, 5) is 4.61. The van der Waals surface area contributed by atoms with Gasteiger partial charge in [0.05, 0.1) is 11.6 Å². The highest BCUT2D eigenvalue weighted by atomic mass is 79.9. The van der Waals surface area contributed by atoms with E-state index in [1.54, 1.807) is 7.11 Å². The highest BCUT2D eigenvalue weighted by molar-refractivity contribution is 9.10. The smallest absolute Gasteiger partial charge is 0.133 e. The molecule has 19 heavy (non-hydrogen) atoms. The zero-order chi connectivity index (χ0) is 13.6. The first-order valence-corrected chi connectivity index (χ1v) is 7.09. The van der Waals surface area contributed by atoms with E-state index < -0.39 is 0 Å². The van der Waals surface area contributed by atoms with Crippen LogP contribution >= 0.6 is 15.9 Å². The van der Waals surface area contributed by atoms with Crippen LogP contribution in [0.25, 0.3) is 11.3 Å². The number of aromatic nitrogens is 2. The molecule has 0 radical (unpaired) electrons. The first-order valence-electron chi connectivity index (χ1n) is 6.30. The second-order valence-corrected chi connectivity index (χ2v) is 5.70. The lowest BCUT2D eigenvalue weighted by Crippen LogP contribution is -2.02. The Balaban J connectivity index is 2.07. The van der Waals surface area contributed by atoms with Gasteiger partial charge in [-0.3, -0.25) is 0 Å². The van der Waals surface area contributed by atoms with Gasteiger partial charge in [-0.1, -0.05) is 0 Å². The van der Waals surface area contributed by atoms with Crippen LogP contribution in [-0.4, -0.2) is 16.7 Å². The average molecular weight is 322 g/mol. The van der Waals surface area contributed by atoms with Crippen molar-refractivity contribution in [1.29, 1.82) is 0 Å². The molecule has 1 aromatic carbocycles. The molecule has 0 bridgehead atoms. The van der Waals surface area contributed by atoms with Crippen molar-refractivity contribution in [2.24, 2.45) is 0 Å².